The van der Waals surface area contributed by atoms with Crippen molar-refractivity contribution in [3.8, 4) is 11.5 Å². The Morgan fingerprint density at radius 2 is 1.71 bits per heavy atom. The zero-order valence-corrected chi connectivity index (χ0v) is 13.1. The van der Waals surface area contributed by atoms with E-state index in [0.717, 1.165) is 12.2 Å². The summed E-state index contributed by atoms with van der Waals surface area (Å²) in [6, 6.07) is 6.93. The Kier molecular flexibility index (Phi) is 8.28. The van der Waals surface area contributed by atoms with Gasteiger partial charge in [0.05, 0.1) is 13.2 Å². The summed E-state index contributed by atoms with van der Waals surface area (Å²) in [4.78, 5) is 11.7. The number of rotatable bonds is 10. The van der Waals surface area contributed by atoms with Gasteiger partial charge >= 0.3 is 5.97 Å². The van der Waals surface area contributed by atoms with Crippen molar-refractivity contribution >= 4 is 5.97 Å². The Morgan fingerprint density at radius 3 is 2.24 bits per heavy atom. The molecule has 1 aromatic carbocycles. The highest BCUT2D eigenvalue weighted by molar-refractivity contribution is 5.76. The molecule has 5 heteroatoms. The minimum Gasteiger partial charge on any atom is -0.494 e. The summed E-state index contributed by atoms with van der Waals surface area (Å²) >= 11 is 0. The number of benzene rings is 1. The topological polar surface area (TPSA) is 56.8 Å². The number of esters is 1. The van der Waals surface area contributed by atoms with Gasteiger partial charge in [0.2, 0.25) is 0 Å². The van der Waals surface area contributed by atoms with Crippen LogP contribution in [0.25, 0.3) is 0 Å². The van der Waals surface area contributed by atoms with E-state index in [1.807, 2.05) is 31.2 Å². The van der Waals surface area contributed by atoms with E-state index in [1.165, 1.54) is 0 Å². The maximum atomic E-state index is 11.7. The Bertz CT molecular complexity index is 405. The molecule has 0 bridgehead atoms. The normalized spacial score (nSPS) is 11.8. The van der Waals surface area contributed by atoms with Crippen LogP contribution >= 0.6 is 0 Å². The van der Waals surface area contributed by atoms with Gasteiger partial charge in [-0.15, -0.1) is 0 Å². The van der Waals surface area contributed by atoms with Crippen molar-refractivity contribution in [3.63, 3.8) is 0 Å². The minimum atomic E-state index is -0.453. The van der Waals surface area contributed by atoms with Gasteiger partial charge in [-0.05, 0) is 44.2 Å². The molecule has 5 nitrogen and oxygen atoms in total. The average Bonchev–Trinajstić information content (AvgIpc) is 2.50. The largest absolute Gasteiger partial charge is 0.494 e. The molecule has 0 spiro atoms. The predicted octanol–water partition coefficient (Wildman–Crippen LogP) is 2.40. The van der Waals surface area contributed by atoms with E-state index in [4.69, 9.17) is 14.2 Å². The van der Waals surface area contributed by atoms with Gasteiger partial charge in [-0.2, -0.15) is 0 Å². The Balaban J connectivity index is 2.49. The van der Waals surface area contributed by atoms with Crippen molar-refractivity contribution in [1.82, 2.24) is 5.32 Å². The van der Waals surface area contributed by atoms with E-state index in [0.29, 0.717) is 25.5 Å². The summed E-state index contributed by atoms with van der Waals surface area (Å²) in [6.45, 7) is 7.77. The lowest BCUT2D eigenvalue weighted by Gasteiger charge is -2.17. The molecule has 0 radical (unpaired) electrons. The summed E-state index contributed by atoms with van der Waals surface area (Å²) in [7, 11) is 0. The predicted molar refractivity (Wildman–Crippen MR) is 81.8 cm³/mol. The third-order valence-electron chi connectivity index (χ3n) is 2.73. The van der Waals surface area contributed by atoms with Crippen LogP contribution in [0.15, 0.2) is 24.3 Å². The molecule has 0 saturated heterocycles. The van der Waals surface area contributed by atoms with Gasteiger partial charge in [-0.1, -0.05) is 13.8 Å². The molecule has 118 valence electrons. The third-order valence-corrected chi connectivity index (χ3v) is 2.73. The molecule has 0 heterocycles. The summed E-state index contributed by atoms with van der Waals surface area (Å²) in [6.07, 6.45) is 0.974. The van der Waals surface area contributed by atoms with Crippen molar-refractivity contribution < 1.29 is 19.0 Å². The van der Waals surface area contributed by atoms with E-state index >= 15 is 0 Å². The Labute approximate surface area is 126 Å². The number of ether oxygens (including phenoxy) is 3. The van der Waals surface area contributed by atoms with Crippen LogP contribution < -0.4 is 14.8 Å². The fourth-order valence-electron chi connectivity index (χ4n) is 1.73. The van der Waals surface area contributed by atoms with Gasteiger partial charge in [0.15, 0.2) is 0 Å². The number of nitrogens with one attached hydrogen (secondary N) is 1. The van der Waals surface area contributed by atoms with Gasteiger partial charge in [0.25, 0.3) is 0 Å². The SMILES string of the molecule is CCCOc1ccc(OCC(NCC)C(=O)OCC)cc1. The molecular formula is C16H25NO4. The lowest BCUT2D eigenvalue weighted by molar-refractivity contribution is -0.146. The molecule has 1 unspecified atom stereocenters. The zero-order valence-electron chi connectivity index (χ0n) is 13.1. The second-order valence-corrected chi connectivity index (χ2v) is 4.49. The first kappa shape index (κ1) is 17.3. The highest BCUT2D eigenvalue weighted by atomic mass is 16.5. The zero-order chi connectivity index (χ0) is 15.5. The molecule has 0 aliphatic rings. The van der Waals surface area contributed by atoms with E-state index in [2.05, 4.69) is 12.2 Å². The molecule has 1 atom stereocenters. The van der Waals surface area contributed by atoms with E-state index in [-0.39, 0.29) is 12.6 Å². The summed E-state index contributed by atoms with van der Waals surface area (Å²) in [5, 5.41) is 3.05. The van der Waals surface area contributed by atoms with E-state index < -0.39 is 6.04 Å². The van der Waals surface area contributed by atoms with Crippen LogP contribution in [-0.4, -0.2) is 38.4 Å². The number of hydrogen-bond donors (Lipinski definition) is 1. The number of likely N-dealkylation sites (N-methyl/N-ethyl adjacent to an activating group) is 1. The van der Waals surface area contributed by atoms with E-state index in [9.17, 15) is 4.79 Å². The summed E-state index contributed by atoms with van der Waals surface area (Å²) in [5.74, 6) is 1.23. The molecule has 0 fully saturated rings. The lowest BCUT2D eigenvalue weighted by atomic mass is 10.3. The number of hydrogen-bond acceptors (Lipinski definition) is 5. The Morgan fingerprint density at radius 1 is 1.10 bits per heavy atom. The molecular weight excluding hydrogens is 270 g/mol. The molecule has 1 aromatic rings. The third kappa shape index (κ3) is 6.49. The highest BCUT2D eigenvalue weighted by Gasteiger charge is 2.19. The van der Waals surface area contributed by atoms with Crippen LogP contribution in [0.5, 0.6) is 11.5 Å². The van der Waals surface area contributed by atoms with Crippen LogP contribution in [0.3, 0.4) is 0 Å². The van der Waals surface area contributed by atoms with Crippen molar-refractivity contribution in [2.45, 2.75) is 33.2 Å². The van der Waals surface area contributed by atoms with Gasteiger partial charge in [-0.25, -0.2) is 0 Å². The van der Waals surface area contributed by atoms with Gasteiger partial charge in [-0.3, -0.25) is 4.79 Å². The van der Waals surface area contributed by atoms with Crippen LogP contribution in [0.1, 0.15) is 27.2 Å². The standard InChI is InChI=1S/C16H25NO4/c1-4-11-20-13-7-9-14(10-8-13)21-12-15(17-5-2)16(18)19-6-3/h7-10,15,17H,4-6,11-12H2,1-3H3. The van der Waals surface area contributed by atoms with E-state index in [1.54, 1.807) is 6.92 Å². The lowest BCUT2D eigenvalue weighted by Crippen LogP contribution is -2.42. The quantitative estimate of drug-likeness (QED) is 0.672. The van der Waals surface area contributed by atoms with Gasteiger partial charge < -0.3 is 19.5 Å². The molecule has 21 heavy (non-hydrogen) atoms. The molecule has 0 aromatic heterocycles. The van der Waals surface area contributed by atoms with Crippen LogP contribution in [-0.2, 0) is 9.53 Å². The van der Waals surface area contributed by atoms with Crippen molar-refractivity contribution in [2.24, 2.45) is 0 Å². The van der Waals surface area contributed by atoms with Crippen LogP contribution in [0.4, 0.5) is 0 Å². The summed E-state index contributed by atoms with van der Waals surface area (Å²) in [5.41, 5.74) is 0. The molecule has 0 amide bonds. The minimum absolute atomic E-state index is 0.238. The molecule has 1 rings (SSSR count). The first-order valence-corrected chi connectivity index (χ1v) is 7.46. The first-order chi connectivity index (χ1) is 10.2. The molecule has 1 N–H and O–H groups in total. The first-order valence-electron chi connectivity index (χ1n) is 7.46. The maximum Gasteiger partial charge on any atom is 0.326 e. The second kappa shape index (κ2) is 10.0. The highest BCUT2D eigenvalue weighted by Crippen LogP contribution is 2.17. The van der Waals surface area contributed by atoms with Crippen molar-refractivity contribution in [3.05, 3.63) is 24.3 Å². The van der Waals surface area contributed by atoms with Crippen molar-refractivity contribution in [1.29, 1.82) is 0 Å². The fourth-order valence-corrected chi connectivity index (χ4v) is 1.73. The molecule has 0 aliphatic heterocycles. The summed E-state index contributed by atoms with van der Waals surface area (Å²) < 4.78 is 16.1. The maximum absolute atomic E-state index is 11.7. The average molecular weight is 295 g/mol. The van der Waals surface area contributed by atoms with Crippen LogP contribution in [0, 0.1) is 0 Å². The monoisotopic (exact) mass is 295 g/mol. The van der Waals surface area contributed by atoms with Gasteiger partial charge in [0, 0.05) is 0 Å². The van der Waals surface area contributed by atoms with Gasteiger partial charge in [0.1, 0.15) is 24.1 Å². The van der Waals surface area contributed by atoms with Crippen molar-refractivity contribution in [2.75, 3.05) is 26.4 Å². The van der Waals surface area contributed by atoms with Crippen LogP contribution in [0.2, 0.25) is 0 Å². The molecule has 0 aliphatic carbocycles. The second-order valence-electron chi connectivity index (χ2n) is 4.49. The molecule has 0 saturated carbocycles. The fraction of sp³-hybridized carbons (Fsp3) is 0.562. The smallest absolute Gasteiger partial charge is 0.326 e. The number of carbonyl (C=O) groups excluding carboxylic acids is 1. The Hall–Kier alpha value is -1.75. The number of carbonyl (C=O) groups is 1.